The van der Waals surface area contributed by atoms with Crippen LogP contribution in [0, 0.1) is 5.92 Å². The molecular formula is C15H24N2. The van der Waals surface area contributed by atoms with Crippen LogP contribution in [0.25, 0.3) is 0 Å². The SMILES string of the molecule is CC1Cc2nc(C3CCCCC3)cn2C(C)C1. The minimum atomic E-state index is 0.651. The van der Waals surface area contributed by atoms with Crippen LogP contribution in [0.2, 0.25) is 0 Å². The molecule has 1 aliphatic carbocycles. The maximum absolute atomic E-state index is 4.94. The van der Waals surface area contributed by atoms with E-state index in [9.17, 15) is 0 Å². The monoisotopic (exact) mass is 232 g/mol. The van der Waals surface area contributed by atoms with Crippen LogP contribution in [0.4, 0.5) is 0 Å². The standard InChI is InChI=1S/C15H24N2/c1-11-8-12(2)17-10-14(16-15(17)9-11)13-6-4-3-5-7-13/h10-13H,3-9H2,1-2H3. The van der Waals surface area contributed by atoms with E-state index in [-0.39, 0.29) is 0 Å². The molecule has 2 nitrogen and oxygen atoms in total. The van der Waals surface area contributed by atoms with Gasteiger partial charge in [0.15, 0.2) is 0 Å². The first-order chi connectivity index (χ1) is 8.24. The molecule has 0 amide bonds. The van der Waals surface area contributed by atoms with Gasteiger partial charge in [-0.15, -0.1) is 0 Å². The zero-order chi connectivity index (χ0) is 11.8. The molecule has 2 unspecified atom stereocenters. The summed E-state index contributed by atoms with van der Waals surface area (Å²) < 4.78 is 2.45. The van der Waals surface area contributed by atoms with Crippen molar-refractivity contribution in [2.75, 3.05) is 0 Å². The van der Waals surface area contributed by atoms with Gasteiger partial charge >= 0.3 is 0 Å². The van der Waals surface area contributed by atoms with Crippen LogP contribution in [-0.2, 0) is 6.42 Å². The van der Waals surface area contributed by atoms with Crippen molar-refractivity contribution in [3.05, 3.63) is 17.7 Å². The van der Waals surface area contributed by atoms with Gasteiger partial charge < -0.3 is 4.57 Å². The summed E-state index contributed by atoms with van der Waals surface area (Å²) in [6.07, 6.45) is 11.8. The Bertz CT molecular complexity index is 388. The molecule has 2 heterocycles. The third kappa shape index (κ3) is 2.14. The summed E-state index contributed by atoms with van der Waals surface area (Å²) in [6, 6.07) is 0.651. The van der Waals surface area contributed by atoms with E-state index in [1.807, 2.05) is 0 Å². The summed E-state index contributed by atoms with van der Waals surface area (Å²) in [4.78, 5) is 4.94. The van der Waals surface area contributed by atoms with Gasteiger partial charge in [-0.1, -0.05) is 26.2 Å². The Labute approximate surface area is 104 Å². The number of imidazole rings is 1. The van der Waals surface area contributed by atoms with Crippen LogP contribution in [0.15, 0.2) is 6.20 Å². The van der Waals surface area contributed by atoms with E-state index in [0.717, 1.165) is 11.8 Å². The first kappa shape index (κ1) is 11.3. The number of nitrogens with zero attached hydrogens (tertiary/aromatic N) is 2. The van der Waals surface area contributed by atoms with Crippen molar-refractivity contribution in [1.82, 2.24) is 9.55 Å². The lowest BCUT2D eigenvalue weighted by molar-refractivity contribution is 0.343. The summed E-state index contributed by atoms with van der Waals surface area (Å²) in [7, 11) is 0. The van der Waals surface area contributed by atoms with Gasteiger partial charge in [-0.25, -0.2) is 4.98 Å². The van der Waals surface area contributed by atoms with Gasteiger partial charge in [0.05, 0.1) is 5.69 Å². The maximum Gasteiger partial charge on any atom is 0.109 e. The molecule has 0 saturated heterocycles. The Hall–Kier alpha value is -0.790. The fourth-order valence-electron chi connectivity index (χ4n) is 3.67. The Kier molecular flexibility index (Phi) is 2.97. The molecule has 0 radical (unpaired) electrons. The summed E-state index contributed by atoms with van der Waals surface area (Å²) in [5, 5.41) is 0. The highest BCUT2D eigenvalue weighted by Crippen LogP contribution is 2.35. The van der Waals surface area contributed by atoms with E-state index in [1.54, 1.807) is 0 Å². The second-order valence-electron chi connectivity index (χ2n) is 6.22. The second kappa shape index (κ2) is 4.47. The fourth-order valence-corrected chi connectivity index (χ4v) is 3.67. The Balaban J connectivity index is 1.85. The first-order valence-corrected chi connectivity index (χ1v) is 7.31. The van der Waals surface area contributed by atoms with Gasteiger partial charge in [-0.2, -0.15) is 0 Å². The number of hydrogen-bond donors (Lipinski definition) is 0. The van der Waals surface area contributed by atoms with Gasteiger partial charge in [0.25, 0.3) is 0 Å². The predicted octanol–water partition coefficient (Wildman–Crippen LogP) is 4.07. The zero-order valence-electron chi connectivity index (χ0n) is 11.2. The van der Waals surface area contributed by atoms with Crippen LogP contribution in [0.3, 0.4) is 0 Å². The van der Waals surface area contributed by atoms with Crippen LogP contribution in [-0.4, -0.2) is 9.55 Å². The van der Waals surface area contributed by atoms with Gasteiger partial charge in [0.1, 0.15) is 5.82 Å². The summed E-state index contributed by atoms with van der Waals surface area (Å²) in [5.41, 5.74) is 1.39. The van der Waals surface area contributed by atoms with E-state index < -0.39 is 0 Å². The highest BCUT2D eigenvalue weighted by atomic mass is 15.1. The molecule has 2 aliphatic rings. The summed E-state index contributed by atoms with van der Waals surface area (Å²) in [6.45, 7) is 4.69. The molecule has 2 atom stereocenters. The molecule has 1 aromatic heterocycles. The van der Waals surface area contributed by atoms with E-state index in [2.05, 4.69) is 24.6 Å². The van der Waals surface area contributed by atoms with E-state index in [1.165, 1.54) is 56.5 Å². The molecule has 0 aromatic carbocycles. The minimum Gasteiger partial charge on any atom is -0.332 e. The molecule has 17 heavy (non-hydrogen) atoms. The third-order valence-electron chi connectivity index (χ3n) is 4.60. The minimum absolute atomic E-state index is 0.651. The third-order valence-corrected chi connectivity index (χ3v) is 4.60. The number of fused-ring (bicyclic) bond motifs is 1. The van der Waals surface area contributed by atoms with E-state index in [4.69, 9.17) is 4.98 Å². The van der Waals surface area contributed by atoms with E-state index >= 15 is 0 Å². The van der Waals surface area contributed by atoms with Crippen LogP contribution in [0.5, 0.6) is 0 Å². The lowest BCUT2D eigenvalue weighted by Gasteiger charge is -2.26. The van der Waals surface area contributed by atoms with Crippen LogP contribution in [0.1, 0.15) is 75.9 Å². The van der Waals surface area contributed by atoms with Crippen molar-refractivity contribution < 1.29 is 0 Å². The van der Waals surface area contributed by atoms with Gasteiger partial charge in [-0.3, -0.25) is 0 Å². The molecule has 2 heteroatoms. The molecule has 0 spiro atoms. The maximum atomic E-state index is 4.94. The van der Waals surface area contributed by atoms with Gasteiger partial charge in [-0.05, 0) is 32.1 Å². The van der Waals surface area contributed by atoms with E-state index in [0.29, 0.717) is 6.04 Å². The molecule has 94 valence electrons. The second-order valence-corrected chi connectivity index (χ2v) is 6.22. The molecule has 1 fully saturated rings. The molecule has 1 aromatic rings. The predicted molar refractivity (Wildman–Crippen MR) is 70.2 cm³/mol. The fraction of sp³-hybridized carbons (Fsp3) is 0.800. The Morgan fingerprint density at radius 2 is 1.94 bits per heavy atom. The number of rotatable bonds is 1. The van der Waals surface area contributed by atoms with Crippen molar-refractivity contribution in [1.29, 1.82) is 0 Å². The van der Waals surface area contributed by atoms with Crippen molar-refractivity contribution in [3.63, 3.8) is 0 Å². The normalized spacial score (nSPS) is 30.2. The lowest BCUT2D eigenvalue weighted by atomic mass is 9.87. The quantitative estimate of drug-likeness (QED) is 0.713. The highest BCUT2D eigenvalue weighted by molar-refractivity contribution is 5.13. The van der Waals surface area contributed by atoms with Crippen molar-refractivity contribution >= 4 is 0 Å². The lowest BCUT2D eigenvalue weighted by Crippen LogP contribution is -2.20. The topological polar surface area (TPSA) is 17.8 Å². The summed E-state index contributed by atoms with van der Waals surface area (Å²) in [5.74, 6) is 2.90. The van der Waals surface area contributed by atoms with Gasteiger partial charge in [0.2, 0.25) is 0 Å². The van der Waals surface area contributed by atoms with Crippen molar-refractivity contribution in [3.8, 4) is 0 Å². The highest BCUT2D eigenvalue weighted by Gasteiger charge is 2.25. The molecule has 0 bridgehead atoms. The average molecular weight is 232 g/mol. The van der Waals surface area contributed by atoms with Crippen LogP contribution < -0.4 is 0 Å². The molecular weight excluding hydrogens is 208 g/mol. The molecule has 1 saturated carbocycles. The number of hydrogen-bond acceptors (Lipinski definition) is 1. The largest absolute Gasteiger partial charge is 0.332 e. The van der Waals surface area contributed by atoms with Gasteiger partial charge in [0, 0.05) is 24.6 Å². The van der Waals surface area contributed by atoms with Crippen LogP contribution >= 0.6 is 0 Å². The summed E-state index contributed by atoms with van der Waals surface area (Å²) >= 11 is 0. The number of aromatic nitrogens is 2. The zero-order valence-corrected chi connectivity index (χ0v) is 11.2. The van der Waals surface area contributed by atoms with Crippen molar-refractivity contribution in [2.45, 2.75) is 70.8 Å². The Morgan fingerprint density at radius 1 is 1.18 bits per heavy atom. The van der Waals surface area contributed by atoms with Crippen molar-refractivity contribution in [2.24, 2.45) is 5.92 Å². The Morgan fingerprint density at radius 3 is 2.71 bits per heavy atom. The smallest absolute Gasteiger partial charge is 0.109 e. The molecule has 1 aliphatic heterocycles. The first-order valence-electron chi connectivity index (χ1n) is 7.31. The average Bonchev–Trinajstić information content (AvgIpc) is 2.74. The molecule has 0 N–H and O–H groups in total. The molecule has 3 rings (SSSR count).